The van der Waals surface area contributed by atoms with Gasteiger partial charge in [0.25, 0.3) is 0 Å². The Morgan fingerprint density at radius 2 is 2.07 bits per heavy atom. The van der Waals surface area contributed by atoms with Gasteiger partial charge in [-0.15, -0.1) is 34.2 Å². The molecule has 0 aromatic carbocycles. The number of hydrogen-bond acceptors (Lipinski definition) is 6. The Balaban J connectivity index is 0.00000320. The van der Waals surface area contributed by atoms with Crippen molar-refractivity contribution in [3.05, 3.63) is 11.6 Å². The Hall–Kier alpha value is -1.63. The third-order valence-corrected chi connectivity index (χ3v) is 4.96. The molecule has 0 radical (unpaired) electrons. The van der Waals surface area contributed by atoms with Crippen LogP contribution >= 0.6 is 24.0 Å². The van der Waals surface area contributed by atoms with Gasteiger partial charge in [-0.2, -0.15) is 0 Å². The standard InChI is InChI=1S/C19H33N7O3.HI/c1-13-23-24-16(25(13)5)10-21-17(20-9-15-7-6-8-28-15)22-14-11-26(12-14)18(27)29-19(2,3)4;/h14-15H,6-12H2,1-5H3,(H2,20,21,22);1H. The van der Waals surface area contributed by atoms with Crippen LogP contribution in [0.4, 0.5) is 4.79 Å². The number of aliphatic imine (C=N–C) groups is 1. The molecule has 1 atom stereocenters. The number of aromatic nitrogens is 3. The molecule has 10 nitrogen and oxygen atoms in total. The fourth-order valence-electron chi connectivity index (χ4n) is 3.15. The maximum absolute atomic E-state index is 12.1. The lowest BCUT2D eigenvalue weighted by Crippen LogP contribution is -2.63. The van der Waals surface area contributed by atoms with Gasteiger partial charge in [-0.05, 0) is 40.5 Å². The fourth-order valence-corrected chi connectivity index (χ4v) is 3.15. The molecular weight excluding hydrogens is 501 g/mol. The number of hydrogen-bond donors (Lipinski definition) is 2. The lowest BCUT2D eigenvalue weighted by atomic mass is 10.1. The Morgan fingerprint density at radius 3 is 2.63 bits per heavy atom. The van der Waals surface area contributed by atoms with Crippen LogP contribution in [-0.4, -0.2) is 75.7 Å². The van der Waals surface area contributed by atoms with E-state index in [-0.39, 0.29) is 42.2 Å². The molecule has 170 valence electrons. The average Bonchev–Trinajstić information content (AvgIpc) is 3.22. The van der Waals surface area contributed by atoms with E-state index in [1.165, 1.54) is 0 Å². The van der Waals surface area contributed by atoms with E-state index in [1.54, 1.807) is 4.90 Å². The van der Waals surface area contributed by atoms with Crippen molar-refractivity contribution in [2.24, 2.45) is 12.0 Å². The normalized spacial score (nSPS) is 19.8. The van der Waals surface area contributed by atoms with Crippen molar-refractivity contribution in [2.75, 3.05) is 26.2 Å². The molecule has 0 spiro atoms. The molecular formula is C19H34IN7O3. The van der Waals surface area contributed by atoms with Crippen molar-refractivity contribution >= 4 is 36.0 Å². The second-order valence-corrected chi connectivity index (χ2v) is 8.63. The van der Waals surface area contributed by atoms with Gasteiger partial charge in [-0.1, -0.05) is 0 Å². The number of carbonyl (C=O) groups is 1. The molecule has 1 unspecified atom stereocenters. The van der Waals surface area contributed by atoms with Gasteiger partial charge in [-0.3, -0.25) is 0 Å². The maximum Gasteiger partial charge on any atom is 0.410 e. The fraction of sp³-hybridized carbons (Fsp3) is 0.789. The second-order valence-electron chi connectivity index (χ2n) is 8.63. The van der Waals surface area contributed by atoms with Crippen LogP contribution < -0.4 is 10.6 Å². The lowest BCUT2D eigenvalue weighted by molar-refractivity contribution is 0.00699. The number of amides is 1. The van der Waals surface area contributed by atoms with Crippen LogP contribution in [0.3, 0.4) is 0 Å². The van der Waals surface area contributed by atoms with Gasteiger partial charge in [0.15, 0.2) is 11.8 Å². The van der Waals surface area contributed by atoms with Gasteiger partial charge in [0, 0.05) is 33.3 Å². The first-order valence-corrected chi connectivity index (χ1v) is 10.2. The minimum absolute atomic E-state index is 0. The molecule has 2 aliphatic heterocycles. The molecule has 2 saturated heterocycles. The van der Waals surface area contributed by atoms with Gasteiger partial charge >= 0.3 is 6.09 Å². The van der Waals surface area contributed by atoms with E-state index in [0.29, 0.717) is 32.1 Å². The highest BCUT2D eigenvalue weighted by Gasteiger charge is 2.34. The van der Waals surface area contributed by atoms with Gasteiger partial charge in [0.05, 0.1) is 12.1 Å². The van der Waals surface area contributed by atoms with E-state index >= 15 is 0 Å². The Kier molecular flexibility index (Phi) is 8.71. The summed E-state index contributed by atoms with van der Waals surface area (Å²) in [6.07, 6.45) is 2.07. The van der Waals surface area contributed by atoms with E-state index in [0.717, 1.165) is 31.1 Å². The molecule has 2 N–H and O–H groups in total. The molecule has 1 amide bonds. The van der Waals surface area contributed by atoms with Crippen LogP contribution in [0.2, 0.25) is 0 Å². The number of halogens is 1. The van der Waals surface area contributed by atoms with Gasteiger partial charge < -0.3 is 29.6 Å². The molecule has 3 rings (SSSR count). The monoisotopic (exact) mass is 535 g/mol. The largest absolute Gasteiger partial charge is 0.444 e. The predicted octanol–water partition coefficient (Wildman–Crippen LogP) is 1.58. The number of likely N-dealkylation sites (tertiary alicyclic amines) is 1. The van der Waals surface area contributed by atoms with Gasteiger partial charge in [0.1, 0.15) is 18.0 Å². The first kappa shape index (κ1) is 24.6. The minimum Gasteiger partial charge on any atom is -0.444 e. The molecule has 0 saturated carbocycles. The second kappa shape index (κ2) is 10.6. The predicted molar refractivity (Wildman–Crippen MR) is 124 cm³/mol. The summed E-state index contributed by atoms with van der Waals surface area (Å²) in [5.41, 5.74) is -0.487. The zero-order chi connectivity index (χ0) is 21.0. The van der Waals surface area contributed by atoms with Crippen LogP contribution in [0.1, 0.15) is 45.3 Å². The number of guanidine groups is 1. The van der Waals surface area contributed by atoms with Gasteiger partial charge in [-0.25, -0.2) is 9.79 Å². The van der Waals surface area contributed by atoms with Crippen LogP contribution in [0, 0.1) is 6.92 Å². The molecule has 3 heterocycles. The average molecular weight is 535 g/mol. The molecule has 0 aliphatic carbocycles. The smallest absolute Gasteiger partial charge is 0.410 e. The highest BCUT2D eigenvalue weighted by molar-refractivity contribution is 14.0. The Morgan fingerprint density at radius 1 is 1.33 bits per heavy atom. The van der Waals surface area contributed by atoms with Crippen LogP contribution in [0.15, 0.2) is 4.99 Å². The van der Waals surface area contributed by atoms with Crippen molar-refractivity contribution in [1.29, 1.82) is 0 Å². The third kappa shape index (κ3) is 6.96. The summed E-state index contributed by atoms with van der Waals surface area (Å²) in [7, 11) is 1.93. The number of rotatable bonds is 5. The van der Waals surface area contributed by atoms with Gasteiger partial charge in [0.2, 0.25) is 0 Å². The van der Waals surface area contributed by atoms with Crippen molar-refractivity contribution in [3.8, 4) is 0 Å². The number of aryl methyl sites for hydroxylation is 1. The Bertz CT molecular complexity index is 735. The number of nitrogens with zero attached hydrogens (tertiary/aromatic N) is 5. The number of ether oxygens (including phenoxy) is 2. The summed E-state index contributed by atoms with van der Waals surface area (Å²) in [6.45, 7) is 10.6. The Labute approximate surface area is 195 Å². The summed E-state index contributed by atoms with van der Waals surface area (Å²) in [4.78, 5) is 18.5. The molecule has 2 aliphatic rings. The quantitative estimate of drug-likeness (QED) is 0.335. The molecule has 11 heteroatoms. The SMILES string of the molecule is Cc1nnc(CN=C(NCC2CCCO2)NC2CN(C(=O)OC(C)(C)C)C2)n1C.I. The third-order valence-electron chi connectivity index (χ3n) is 4.96. The number of nitrogens with one attached hydrogen (secondary N) is 2. The summed E-state index contributed by atoms with van der Waals surface area (Å²) >= 11 is 0. The topological polar surface area (TPSA) is 106 Å². The van der Waals surface area contributed by atoms with Crippen LogP contribution in [0.5, 0.6) is 0 Å². The zero-order valence-electron chi connectivity index (χ0n) is 18.5. The van der Waals surface area contributed by atoms with Crippen LogP contribution in [0.25, 0.3) is 0 Å². The van der Waals surface area contributed by atoms with E-state index < -0.39 is 5.60 Å². The van der Waals surface area contributed by atoms with E-state index in [1.807, 2.05) is 39.3 Å². The minimum atomic E-state index is -0.487. The van der Waals surface area contributed by atoms with E-state index in [9.17, 15) is 4.79 Å². The highest BCUT2D eigenvalue weighted by atomic mass is 127. The summed E-state index contributed by atoms with van der Waals surface area (Å²) in [5, 5.41) is 15.0. The summed E-state index contributed by atoms with van der Waals surface area (Å²) in [5.74, 6) is 2.34. The maximum atomic E-state index is 12.1. The highest BCUT2D eigenvalue weighted by Crippen LogP contribution is 2.15. The molecule has 1 aromatic heterocycles. The first-order chi connectivity index (χ1) is 13.7. The molecule has 30 heavy (non-hydrogen) atoms. The van der Waals surface area contributed by atoms with Crippen molar-refractivity contribution in [3.63, 3.8) is 0 Å². The molecule has 1 aromatic rings. The van der Waals surface area contributed by atoms with E-state index in [2.05, 4.69) is 25.8 Å². The zero-order valence-corrected chi connectivity index (χ0v) is 20.8. The molecule has 0 bridgehead atoms. The van der Waals surface area contributed by atoms with Crippen molar-refractivity contribution < 1.29 is 14.3 Å². The molecule has 2 fully saturated rings. The summed E-state index contributed by atoms with van der Waals surface area (Å²) in [6, 6.07) is 0.125. The first-order valence-electron chi connectivity index (χ1n) is 10.2. The van der Waals surface area contributed by atoms with Crippen molar-refractivity contribution in [2.45, 2.75) is 64.8 Å². The van der Waals surface area contributed by atoms with Crippen LogP contribution in [-0.2, 0) is 23.1 Å². The van der Waals surface area contributed by atoms with Crippen molar-refractivity contribution in [1.82, 2.24) is 30.3 Å². The summed E-state index contributed by atoms with van der Waals surface area (Å²) < 4.78 is 13.0. The number of carbonyl (C=O) groups excluding carboxylic acids is 1. The lowest BCUT2D eigenvalue weighted by Gasteiger charge is -2.40. The van der Waals surface area contributed by atoms with E-state index in [4.69, 9.17) is 9.47 Å².